The van der Waals surface area contributed by atoms with Crippen LogP contribution in [0.2, 0.25) is 0 Å². The Morgan fingerprint density at radius 2 is 2.00 bits per heavy atom. The van der Waals surface area contributed by atoms with E-state index in [0.29, 0.717) is 28.2 Å². The number of carbonyl (C=O) groups excluding carboxylic acids is 2. The van der Waals surface area contributed by atoms with Crippen molar-refractivity contribution in [3.05, 3.63) is 104 Å². The van der Waals surface area contributed by atoms with Crippen LogP contribution < -0.4 is 5.56 Å². The highest BCUT2D eigenvalue weighted by molar-refractivity contribution is 7.15. The predicted molar refractivity (Wildman–Crippen MR) is 118 cm³/mol. The largest absolute Gasteiger partial charge is 0.456 e. The molecule has 0 saturated heterocycles. The third kappa shape index (κ3) is 3.69. The molecule has 160 valence electrons. The van der Waals surface area contributed by atoms with Crippen LogP contribution >= 0.6 is 11.3 Å². The van der Waals surface area contributed by atoms with Crippen molar-refractivity contribution >= 4 is 28.2 Å². The number of thiazole rings is 1. The molecule has 5 rings (SSSR count). The summed E-state index contributed by atoms with van der Waals surface area (Å²) in [5.74, 6) is -0.961. The van der Waals surface area contributed by atoms with E-state index in [4.69, 9.17) is 9.47 Å². The Labute approximate surface area is 186 Å². The molecule has 2 aromatic heterocycles. The summed E-state index contributed by atoms with van der Waals surface area (Å²) in [6.45, 7) is 1.72. The smallest absolute Gasteiger partial charge is 0.339 e. The van der Waals surface area contributed by atoms with E-state index < -0.39 is 18.0 Å². The summed E-state index contributed by atoms with van der Waals surface area (Å²) < 4.78 is 12.5. The zero-order valence-electron chi connectivity index (χ0n) is 17.1. The van der Waals surface area contributed by atoms with Crippen LogP contribution in [0.1, 0.15) is 49.3 Å². The van der Waals surface area contributed by atoms with Gasteiger partial charge in [0.1, 0.15) is 12.7 Å². The Balaban J connectivity index is 1.34. The second kappa shape index (κ2) is 8.05. The van der Waals surface area contributed by atoms with Crippen LogP contribution in [0.15, 0.2) is 64.8 Å². The minimum atomic E-state index is -0.549. The van der Waals surface area contributed by atoms with Crippen molar-refractivity contribution < 1.29 is 19.1 Å². The monoisotopic (exact) mass is 446 g/mol. The van der Waals surface area contributed by atoms with E-state index in [2.05, 4.69) is 4.98 Å². The Bertz CT molecular complexity index is 1410. The van der Waals surface area contributed by atoms with Gasteiger partial charge < -0.3 is 9.47 Å². The highest BCUT2D eigenvalue weighted by Gasteiger charge is 2.28. The summed E-state index contributed by atoms with van der Waals surface area (Å²) >= 11 is 1.35. The molecule has 0 bridgehead atoms. The van der Waals surface area contributed by atoms with Crippen LogP contribution in [-0.4, -0.2) is 21.3 Å². The molecular weight excluding hydrogens is 428 g/mol. The highest BCUT2D eigenvalue weighted by atomic mass is 32.1. The number of carbonyl (C=O) groups is 2. The number of aryl methyl sites for hydroxylation is 1. The average Bonchev–Trinajstić information content (AvgIpc) is 3.18. The van der Waals surface area contributed by atoms with Crippen molar-refractivity contribution in [3.8, 4) is 0 Å². The summed E-state index contributed by atoms with van der Waals surface area (Å²) in [6, 6.07) is 15.7. The molecule has 1 unspecified atom stereocenters. The van der Waals surface area contributed by atoms with E-state index in [1.165, 1.54) is 21.8 Å². The van der Waals surface area contributed by atoms with Crippen LogP contribution in [0, 0.1) is 6.92 Å². The molecule has 0 radical (unpaired) electrons. The quantitative estimate of drug-likeness (QED) is 0.442. The molecule has 32 heavy (non-hydrogen) atoms. The lowest BCUT2D eigenvalue weighted by molar-refractivity contribution is 0.0251. The zero-order valence-corrected chi connectivity index (χ0v) is 17.9. The van der Waals surface area contributed by atoms with E-state index in [0.717, 1.165) is 16.8 Å². The highest BCUT2D eigenvalue weighted by Crippen LogP contribution is 2.31. The van der Waals surface area contributed by atoms with Gasteiger partial charge in [0, 0.05) is 23.6 Å². The number of esters is 2. The topological polar surface area (TPSA) is 87.0 Å². The van der Waals surface area contributed by atoms with Crippen LogP contribution in [0.3, 0.4) is 0 Å². The summed E-state index contributed by atoms with van der Waals surface area (Å²) in [5.41, 5.74) is 3.40. The van der Waals surface area contributed by atoms with Gasteiger partial charge in [0.25, 0.3) is 5.56 Å². The number of fused-ring (bicyclic) bond motifs is 2. The molecule has 0 aliphatic carbocycles. The van der Waals surface area contributed by atoms with Gasteiger partial charge in [-0.1, -0.05) is 30.3 Å². The SMILES string of the molecule is Cc1csc2nc(COC(=O)c3ccc4c(c3)CC(c3ccccc3)OC4=O)cc(=O)n12. The van der Waals surface area contributed by atoms with Gasteiger partial charge in [0.05, 0.1) is 16.8 Å². The molecule has 0 N–H and O–H groups in total. The number of ether oxygens (including phenoxy) is 2. The first kappa shape index (κ1) is 20.1. The molecule has 3 heterocycles. The third-order valence-corrected chi connectivity index (χ3v) is 6.31. The molecule has 7 nitrogen and oxygen atoms in total. The van der Waals surface area contributed by atoms with Crippen molar-refractivity contribution in [2.45, 2.75) is 26.1 Å². The number of rotatable bonds is 4. The number of benzene rings is 2. The van der Waals surface area contributed by atoms with E-state index in [9.17, 15) is 14.4 Å². The van der Waals surface area contributed by atoms with Gasteiger partial charge in [-0.3, -0.25) is 9.20 Å². The fourth-order valence-electron chi connectivity index (χ4n) is 3.77. The van der Waals surface area contributed by atoms with E-state index in [1.807, 2.05) is 42.6 Å². The number of hydrogen-bond donors (Lipinski definition) is 0. The number of hydrogen-bond acceptors (Lipinski definition) is 7. The van der Waals surface area contributed by atoms with Gasteiger partial charge in [0.15, 0.2) is 4.96 Å². The summed E-state index contributed by atoms with van der Waals surface area (Å²) in [4.78, 5) is 42.3. The van der Waals surface area contributed by atoms with Gasteiger partial charge in [-0.2, -0.15) is 0 Å². The maximum Gasteiger partial charge on any atom is 0.339 e. The molecule has 0 saturated carbocycles. The van der Waals surface area contributed by atoms with Crippen molar-refractivity contribution in [2.75, 3.05) is 0 Å². The van der Waals surface area contributed by atoms with Crippen molar-refractivity contribution in [3.63, 3.8) is 0 Å². The molecule has 0 fully saturated rings. The number of aromatic nitrogens is 2. The van der Waals surface area contributed by atoms with Gasteiger partial charge in [-0.25, -0.2) is 14.6 Å². The Hall–Kier alpha value is -3.78. The third-order valence-electron chi connectivity index (χ3n) is 5.37. The first-order chi connectivity index (χ1) is 15.5. The van der Waals surface area contributed by atoms with Crippen molar-refractivity contribution in [1.82, 2.24) is 9.38 Å². The molecule has 8 heteroatoms. The lowest BCUT2D eigenvalue weighted by Gasteiger charge is -2.25. The second-order valence-corrected chi connectivity index (χ2v) is 8.37. The molecule has 0 amide bonds. The summed E-state index contributed by atoms with van der Waals surface area (Å²) in [5, 5.41) is 1.85. The lowest BCUT2D eigenvalue weighted by atomic mass is 9.93. The maximum absolute atomic E-state index is 12.6. The molecule has 0 spiro atoms. The second-order valence-electron chi connectivity index (χ2n) is 7.54. The fraction of sp³-hybridized carbons (Fsp3) is 0.167. The molecule has 1 aliphatic heterocycles. The van der Waals surface area contributed by atoms with Gasteiger partial charge in [-0.05, 0) is 36.2 Å². The molecular formula is C24H18N2O5S. The minimum Gasteiger partial charge on any atom is -0.456 e. The number of nitrogens with zero attached hydrogens (tertiary/aromatic N) is 2. The Morgan fingerprint density at radius 1 is 1.19 bits per heavy atom. The first-order valence-electron chi connectivity index (χ1n) is 10.0. The van der Waals surface area contributed by atoms with Crippen molar-refractivity contribution in [2.24, 2.45) is 0 Å². The summed E-state index contributed by atoms with van der Waals surface area (Å²) in [6.07, 6.45) is 0.0690. The first-order valence-corrected chi connectivity index (χ1v) is 10.9. The van der Waals surface area contributed by atoms with Gasteiger partial charge in [-0.15, -0.1) is 11.3 Å². The number of cyclic esters (lactones) is 1. The average molecular weight is 446 g/mol. The minimum absolute atomic E-state index is 0.118. The van der Waals surface area contributed by atoms with E-state index >= 15 is 0 Å². The molecule has 2 aromatic carbocycles. The van der Waals surface area contributed by atoms with Gasteiger partial charge in [0.2, 0.25) is 0 Å². The van der Waals surface area contributed by atoms with Crippen LogP contribution in [0.4, 0.5) is 0 Å². The lowest BCUT2D eigenvalue weighted by Crippen LogP contribution is -2.22. The standard InChI is InChI=1S/C24H18N2O5S/c1-14-13-32-24-25-18(11-21(27)26(14)24)12-30-22(28)16-7-8-19-17(9-16)10-20(31-23(19)29)15-5-3-2-4-6-15/h2-9,11,13,20H,10,12H2,1H3. The van der Waals surface area contributed by atoms with Crippen LogP contribution in [0.5, 0.6) is 0 Å². The Morgan fingerprint density at radius 3 is 2.81 bits per heavy atom. The van der Waals surface area contributed by atoms with E-state index in [-0.39, 0.29) is 12.2 Å². The van der Waals surface area contributed by atoms with E-state index in [1.54, 1.807) is 18.2 Å². The molecule has 1 atom stereocenters. The molecule has 4 aromatic rings. The predicted octanol–water partition coefficient (Wildman–Crippen LogP) is 3.88. The molecule has 1 aliphatic rings. The van der Waals surface area contributed by atoms with Crippen molar-refractivity contribution in [1.29, 1.82) is 0 Å². The zero-order chi connectivity index (χ0) is 22.2. The van der Waals surface area contributed by atoms with Gasteiger partial charge >= 0.3 is 11.9 Å². The van der Waals surface area contributed by atoms with Crippen LogP contribution in [-0.2, 0) is 22.5 Å². The fourth-order valence-corrected chi connectivity index (χ4v) is 4.66. The summed E-state index contributed by atoms with van der Waals surface area (Å²) in [7, 11) is 0. The maximum atomic E-state index is 12.6. The van der Waals surface area contributed by atoms with Crippen LogP contribution in [0.25, 0.3) is 4.96 Å². The Kier molecular flexibility index (Phi) is 5.07. The normalized spacial score (nSPS) is 15.3.